The van der Waals surface area contributed by atoms with Gasteiger partial charge in [-0.15, -0.1) is 11.6 Å². The molecule has 1 aliphatic rings. The van der Waals surface area contributed by atoms with Crippen LogP contribution in [0.3, 0.4) is 0 Å². The van der Waals surface area contributed by atoms with Crippen LogP contribution in [0.4, 0.5) is 4.79 Å². The molecule has 0 spiro atoms. The molecule has 3 aromatic rings. The number of hydrogen-bond acceptors (Lipinski definition) is 3. The number of alkyl halides is 1. The van der Waals surface area contributed by atoms with Gasteiger partial charge in [-0.05, 0) is 54.3 Å². The maximum atomic E-state index is 12.8. The number of benzene rings is 2. The zero-order chi connectivity index (χ0) is 21.8. The molecule has 0 saturated heterocycles. The molecule has 0 aliphatic carbocycles. The minimum atomic E-state index is -0.366. The number of hydrogen-bond donors (Lipinski definition) is 1. The molecule has 1 N–H and O–H groups in total. The number of carbonyl (C=O) groups excluding carboxylic acids is 1. The van der Waals surface area contributed by atoms with Crippen LogP contribution in [0.5, 0.6) is 5.75 Å². The molecular weight excluding hydrogens is 435 g/mol. The fraction of sp³-hybridized carbons (Fsp3) is 0.292. The van der Waals surface area contributed by atoms with E-state index in [2.05, 4.69) is 11.6 Å². The van der Waals surface area contributed by atoms with Crippen LogP contribution >= 0.6 is 23.2 Å². The van der Waals surface area contributed by atoms with Crippen LogP contribution in [0.1, 0.15) is 29.3 Å². The van der Waals surface area contributed by atoms with Crippen LogP contribution in [0, 0.1) is 0 Å². The normalized spacial score (nSPS) is 15.5. The highest BCUT2D eigenvalue weighted by Gasteiger charge is 2.35. The predicted octanol–water partition coefficient (Wildman–Crippen LogP) is 6.10. The molecule has 4 rings (SSSR count). The van der Waals surface area contributed by atoms with Crippen LogP contribution in [0.25, 0.3) is 10.9 Å². The molecule has 1 amide bonds. The zero-order valence-electron chi connectivity index (χ0n) is 17.1. The van der Waals surface area contributed by atoms with Gasteiger partial charge in [-0.1, -0.05) is 36.4 Å². The highest BCUT2D eigenvalue weighted by Crippen LogP contribution is 2.39. The highest BCUT2D eigenvalue weighted by atomic mass is 35.5. The van der Waals surface area contributed by atoms with E-state index in [1.165, 1.54) is 5.56 Å². The second-order valence-electron chi connectivity index (χ2n) is 7.38. The minimum absolute atomic E-state index is 0.171. The maximum absolute atomic E-state index is 12.8. The Morgan fingerprint density at radius 3 is 2.81 bits per heavy atom. The molecule has 1 unspecified atom stereocenters. The van der Waals surface area contributed by atoms with E-state index in [0.717, 1.165) is 40.8 Å². The summed E-state index contributed by atoms with van der Waals surface area (Å²) in [5.41, 5.74) is 4.13. The average molecular weight is 459 g/mol. The van der Waals surface area contributed by atoms with E-state index in [4.69, 9.17) is 32.7 Å². The van der Waals surface area contributed by atoms with Crippen molar-refractivity contribution in [2.45, 2.75) is 18.9 Å². The van der Waals surface area contributed by atoms with Crippen molar-refractivity contribution in [2.24, 2.45) is 0 Å². The van der Waals surface area contributed by atoms with Gasteiger partial charge in [-0.2, -0.15) is 0 Å². The van der Waals surface area contributed by atoms with Crippen molar-refractivity contribution < 1.29 is 14.3 Å². The molecule has 31 heavy (non-hydrogen) atoms. The first-order valence-corrected chi connectivity index (χ1v) is 11.2. The number of carbonyl (C=O) groups is 1. The van der Waals surface area contributed by atoms with Gasteiger partial charge in [0, 0.05) is 34.0 Å². The van der Waals surface area contributed by atoms with Crippen molar-refractivity contribution in [3.05, 3.63) is 77.0 Å². The quantitative estimate of drug-likeness (QED) is 0.264. The molecule has 0 saturated carbocycles. The van der Waals surface area contributed by atoms with Gasteiger partial charge in [-0.25, -0.2) is 4.79 Å². The van der Waals surface area contributed by atoms with Crippen LogP contribution in [-0.2, 0) is 11.2 Å². The summed E-state index contributed by atoms with van der Waals surface area (Å²) in [7, 11) is 0. The van der Waals surface area contributed by atoms with Crippen molar-refractivity contribution in [1.82, 2.24) is 9.88 Å². The van der Waals surface area contributed by atoms with Crippen molar-refractivity contribution in [1.29, 1.82) is 0 Å². The Hall–Kier alpha value is -2.63. The molecule has 1 aromatic heterocycles. The molecule has 0 fully saturated rings. The first-order valence-electron chi connectivity index (χ1n) is 10.3. The van der Waals surface area contributed by atoms with E-state index < -0.39 is 0 Å². The lowest BCUT2D eigenvalue weighted by molar-refractivity contribution is 0.0979. The molecule has 0 bridgehead atoms. The van der Waals surface area contributed by atoms with Gasteiger partial charge in [0.1, 0.15) is 18.4 Å². The van der Waals surface area contributed by atoms with E-state index in [1.54, 1.807) is 11.0 Å². The fourth-order valence-electron chi connectivity index (χ4n) is 4.01. The number of H-pyrrole nitrogens is 1. The summed E-state index contributed by atoms with van der Waals surface area (Å²) in [5, 5.41) is 1.78. The molecule has 2 heterocycles. The van der Waals surface area contributed by atoms with Crippen LogP contribution in [0.2, 0.25) is 5.02 Å². The zero-order valence-corrected chi connectivity index (χ0v) is 18.6. The topological polar surface area (TPSA) is 54.6 Å². The van der Waals surface area contributed by atoms with E-state index in [-0.39, 0.29) is 18.7 Å². The van der Waals surface area contributed by atoms with Crippen LogP contribution in [0.15, 0.2) is 55.1 Å². The van der Waals surface area contributed by atoms with E-state index in [9.17, 15) is 4.79 Å². The lowest BCUT2D eigenvalue weighted by Gasteiger charge is -2.35. The third-order valence-electron chi connectivity index (χ3n) is 5.39. The molecule has 2 aromatic carbocycles. The molecule has 1 aliphatic heterocycles. The molecule has 5 nitrogen and oxygen atoms in total. The number of nitrogens with one attached hydrogen (secondary N) is 1. The first-order chi connectivity index (χ1) is 15.1. The van der Waals surface area contributed by atoms with E-state index in [0.29, 0.717) is 24.1 Å². The maximum Gasteiger partial charge on any atom is 0.410 e. The Kier molecular flexibility index (Phi) is 6.73. The van der Waals surface area contributed by atoms with Gasteiger partial charge < -0.3 is 14.5 Å². The van der Waals surface area contributed by atoms with Gasteiger partial charge in [0.2, 0.25) is 0 Å². The summed E-state index contributed by atoms with van der Waals surface area (Å²) in [4.78, 5) is 18.1. The number of aromatic nitrogens is 1. The van der Waals surface area contributed by atoms with Gasteiger partial charge in [0.15, 0.2) is 0 Å². The van der Waals surface area contributed by atoms with Gasteiger partial charge in [0.05, 0.1) is 6.61 Å². The van der Waals surface area contributed by atoms with Gasteiger partial charge >= 0.3 is 6.09 Å². The number of ether oxygens (including phenoxy) is 2. The third-order valence-corrected chi connectivity index (χ3v) is 5.89. The van der Waals surface area contributed by atoms with E-state index >= 15 is 0 Å². The number of halogens is 2. The number of fused-ring (bicyclic) bond motifs is 3. The number of nitrogens with zero attached hydrogens (tertiary/aromatic N) is 1. The third kappa shape index (κ3) is 4.53. The van der Waals surface area contributed by atoms with Crippen molar-refractivity contribution in [2.75, 3.05) is 25.6 Å². The van der Waals surface area contributed by atoms with Crippen molar-refractivity contribution >= 4 is 40.2 Å². The average Bonchev–Trinajstić information content (AvgIpc) is 3.15. The summed E-state index contributed by atoms with van der Waals surface area (Å²) in [6.07, 6.45) is 2.71. The SMILES string of the molecule is C=CCOC(=O)N1CCc2c([nH]c3ccc(Cl)cc23)C1c1ccc(OCCCCl)cc1. The van der Waals surface area contributed by atoms with Gasteiger partial charge in [0.25, 0.3) is 0 Å². The smallest absolute Gasteiger partial charge is 0.410 e. The first kappa shape index (κ1) is 21.6. The summed E-state index contributed by atoms with van der Waals surface area (Å²) in [6.45, 7) is 4.91. The summed E-state index contributed by atoms with van der Waals surface area (Å²) in [6, 6.07) is 13.3. The summed E-state index contributed by atoms with van der Waals surface area (Å²) in [5.74, 6) is 1.34. The number of rotatable bonds is 7. The Morgan fingerprint density at radius 1 is 1.26 bits per heavy atom. The van der Waals surface area contributed by atoms with Crippen molar-refractivity contribution in [3.63, 3.8) is 0 Å². The van der Waals surface area contributed by atoms with Crippen LogP contribution < -0.4 is 4.74 Å². The lowest BCUT2D eigenvalue weighted by Crippen LogP contribution is -2.41. The monoisotopic (exact) mass is 458 g/mol. The summed E-state index contributed by atoms with van der Waals surface area (Å²) < 4.78 is 11.1. The Labute approximate surface area is 191 Å². The number of amides is 1. The van der Waals surface area contributed by atoms with Crippen molar-refractivity contribution in [3.8, 4) is 5.75 Å². The largest absolute Gasteiger partial charge is 0.494 e. The summed E-state index contributed by atoms with van der Waals surface area (Å²) >= 11 is 12.0. The van der Waals surface area contributed by atoms with Gasteiger partial charge in [-0.3, -0.25) is 4.90 Å². The predicted molar refractivity (Wildman–Crippen MR) is 124 cm³/mol. The lowest BCUT2D eigenvalue weighted by atomic mass is 9.92. The Morgan fingerprint density at radius 2 is 2.06 bits per heavy atom. The second kappa shape index (κ2) is 9.67. The Bertz CT molecular complexity index is 1080. The molecule has 0 radical (unpaired) electrons. The molecule has 162 valence electrons. The number of aromatic amines is 1. The molecule has 7 heteroatoms. The molecular formula is C24H24Cl2N2O3. The standard InChI is InChI=1S/C24H24Cl2N2O3/c1-2-13-31-24(29)28-12-10-19-20-15-17(26)6-9-21(20)27-22(19)23(28)16-4-7-18(8-5-16)30-14-3-11-25/h2,4-9,15,23,27H,1,3,10-14H2. The second-order valence-corrected chi connectivity index (χ2v) is 8.19. The Balaban J connectivity index is 1.72. The molecule has 1 atom stereocenters. The highest BCUT2D eigenvalue weighted by molar-refractivity contribution is 6.31. The van der Waals surface area contributed by atoms with Crippen LogP contribution in [-0.4, -0.2) is 41.6 Å². The minimum Gasteiger partial charge on any atom is -0.494 e. The fourth-order valence-corrected chi connectivity index (χ4v) is 4.29. The van der Waals surface area contributed by atoms with E-state index in [1.807, 2.05) is 42.5 Å².